The first-order chi connectivity index (χ1) is 29.2. The maximum absolute atomic E-state index is 13.3. The molecule has 0 spiro atoms. The van der Waals surface area contributed by atoms with Crippen LogP contribution in [0.4, 0.5) is 5.69 Å². The molecule has 0 aromatic heterocycles. The second kappa shape index (κ2) is 24.3. The van der Waals surface area contributed by atoms with Gasteiger partial charge in [0, 0.05) is 68.9 Å². The van der Waals surface area contributed by atoms with Crippen molar-refractivity contribution in [2.75, 3.05) is 57.5 Å². The zero-order valence-electron chi connectivity index (χ0n) is 35.2. The summed E-state index contributed by atoms with van der Waals surface area (Å²) in [4.78, 5) is 95.0. The van der Waals surface area contributed by atoms with Crippen molar-refractivity contribution in [2.24, 2.45) is 16.6 Å². The molecule has 1 aliphatic heterocycles. The highest BCUT2D eigenvalue weighted by molar-refractivity contribution is 6.02. The molecule has 16 heteroatoms. The van der Waals surface area contributed by atoms with Crippen LogP contribution in [0.5, 0.6) is 5.75 Å². The predicted octanol–water partition coefficient (Wildman–Crippen LogP) is 2.84. The largest absolute Gasteiger partial charge is 0.492 e. The van der Waals surface area contributed by atoms with Crippen molar-refractivity contribution >= 4 is 63.1 Å². The van der Waals surface area contributed by atoms with Crippen LogP contribution in [0.2, 0.25) is 0 Å². The summed E-state index contributed by atoms with van der Waals surface area (Å²) in [6, 6.07) is 18.0. The van der Waals surface area contributed by atoms with E-state index in [0.29, 0.717) is 31.2 Å². The number of aliphatic imine (C=N–C) groups is 1. The zero-order valence-corrected chi connectivity index (χ0v) is 35.2. The van der Waals surface area contributed by atoms with E-state index in [1.165, 1.54) is 13.8 Å². The van der Waals surface area contributed by atoms with Crippen molar-refractivity contribution in [2.45, 2.75) is 77.8 Å². The van der Waals surface area contributed by atoms with Gasteiger partial charge in [-0.25, -0.2) is 0 Å². The summed E-state index contributed by atoms with van der Waals surface area (Å²) in [5.74, 6) is -3.74. The number of ether oxygens (including phenoxy) is 2. The predicted molar refractivity (Wildman–Crippen MR) is 231 cm³/mol. The Morgan fingerprint density at radius 3 is 2.25 bits per heavy atom. The first-order valence-corrected chi connectivity index (χ1v) is 20.6. The highest BCUT2D eigenvalue weighted by Crippen LogP contribution is 2.38. The average molecular weight is 843 g/mol. The van der Waals surface area contributed by atoms with E-state index >= 15 is 0 Å². The number of fused-ring (bicyclic) bond motifs is 1. The Labute approximate surface area is 356 Å². The van der Waals surface area contributed by atoms with Gasteiger partial charge in [0.15, 0.2) is 11.6 Å². The summed E-state index contributed by atoms with van der Waals surface area (Å²) in [6.07, 6.45) is -0.416. The molecule has 1 heterocycles. The smallest absolute Gasteiger partial charge is 0.242 e. The molecule has 0 aliphatic carbocycles. The summed E-state index contributed by atoms with van der Waals surface area (Å²) in [5, 5.41) is 18.8. The number of ketones is 4. The molecule has 328 valence electrons. The van der Waals surface area contributed by atoms with Crippen LogP contribution >= 0.6 is 0 Å². The van der Waals surface area contributed by atoms with Gasteiger partial charge in [-0.3, -0.25) is 33.8 Å². The number of amides is 3. The van der Waals surface area contributed by atoms with Gasteiger partial charge in [0.25, 0.3) is 0 Å². The molecule has 3 amide bonds. The molecule has 3 unspecified atom stereocenters. The lowest BCUT2D eigenvalue weighted by atomic mass is 9.95. The number of morpholine rings is 1. The normalized spacial score (nSPS) is 14.4. The lowest BCUT2D eigenvalue weighted by Gasteiger charge is -2.29. The fourth-order valence-corrected chi connectivity index (χ4v) is 6.89. The minimum absolute atomic E-state index is 0.0510. The molecule has 61 heavy (non-hydrogen) atoms. The molecule has 1 aliphatic rings. The van der Waals surface area contributed by atoms with Crippen LogP contribution in [0, 0.1) is 5.92 Å². The van der Waals surface area contributed by atoms with Gasteiger partial charge < -0.3 is 46.0 Å². The Morgan fingerprint density at radius 1 is 0.836 bits per heavy atom. The second-order valence-electron chi connectivity index (χ2n) is 15.2. The van der Waals surface area contributed by atoms with Crippen molar-refractivity contribution in [3.8, 4) is 16.9 Å². The van der Waals surface area contributed by atoms with Crippen LogP contribution in [0.1, 0.15) is 65.7 Å². The third kappa shape index (κ3) is 15.5. The van der Waals surface area contributed by atoms with Gasteiger partial charge in [-0.15, -0.1) is 0 Å². The first kappa shape index (κ1) is 47.7. The number of carbonyl (C=O) groups is 7. The third-order valence-electron chi connectivity index (χ3n) is 10.2. The maximum Gasteiger partial charge on any atom is 0.242 e. The molecule has 6 N–H and O–H groups in total. The molecule has 3 aromatic rings. The van der Waals surface area contributed by atoms with Crippen molar-refractivity contribution in [1.82, 2.24) is 16.0 Å². The van der Waals surface area contributed by atoms with Crippen LogP contribution in [-0.4, -0.2) is 116 Å². The molecule has 16 nitrogen and oxygen atoms in total. The molecular formula is C45H58N6O10. The Hall–Kier alpha value is -6.00. The number of nitrogens with two attached hydrogens (primary N) is 1. The van der Waals surface area contributed by atoms with E-state index in [-0.39, 0.29) is 56.8 Å². The number of hydrogen-bond acceptors (Lipinski definition) is 12. The van der Waals surface area contributed by atoms with Gasteiger partial charge in [0.05, 0.1) is 44.7 Å². The van der Waals surface area contributed by atoms with Crippen LogP contribution in [0.15, 0.2) is 65.7 Å². The number of benzene rings is 3. The fourth-order valence-electron chi connectivity index (χ4n) is 6.89. The number of aliphatic hydroxyl groups excluding tert-OH is 1. The zero-order chi connectivity index (χ0) is 44.3. The molecule has 1 saturated heterocycles. The Bertz CT molecular complexity index is 2050. The highest BCUT2D eigenvalue weighted by Gasteiger charge is 2.28. The molecule has 0 bridgehead atoms. The Balaban J connectivity index is 1.34. The second-order valence-corrected chi connectivity index (χ2v) is 15.2. The van der Waals surface area contributed by atoms with Gasteiger partial charge in [-0.05, 0) is 56.2 Å². The van der Waals surface area contributed by atoms with Crippen LogP contribution in [-0.2, 0) is 38.3 Å². The summed E-state index contributed by atoms with van der Waals surface area (Å²) >= 11 is 0. The van der Waals surface area contributed by atoms with Crippen molar-refractivity contribution in [3.63, 3.8) is 0 Å². The van der Waals surface area contributed by atoms with Crippen molar-refractivity contribution < 1.29 is 48.1 Å². The number of nitrogens with one attached hydrogen (secondary N) is 3. The summed E-state index contributed by atoms with van der Waals surface area (Å²) in [6.45, 7) is 5.99. The number of anilines is 1. The van der Waals surface area contributed by atoms with Crippen LogP contribution in [0.3, 0.4) is 0 Å². The van der Waals surface area contributed by atoms with E-state index in [1.54, 1.807) is 6.92 Å². The molecular weight excluding hydrogens is 785 g/mol. The summed E-state index contributed by atoms with van der Waals surface area (Å²) < 4.78 is 11.9. The quantitative estimate of drug-likeness (QED) is 0.0471. The standard InChI is InChI=1S/C45H58N6O10/c1-29(53)23-33(44(58)50-41(28-52)30(2)54)24-36(56)27-48-45(59)40(13-8-17-47-31(3)46)49-43(57)15-14-35(55)16-20-61-42-26-34(51-18-21-60-22-19-51)25-39-37(11-7-12-38(39)42)32-9-5-4-6-10-32/h4-7,9-12,25-26,33,40-41,52H,8,13-24,27-28H2,1-3H3,(H2,46,47)(H,48,59)(H,49,57)(H,50,58). The lowest BCUT2D eigenvalue weighted by molar-refractivity contribution is -0.134. The Morgan fingerprint density at radius 2 is 1.57 bits per heavy atom. The van der Waals surface area contributed by atoms with Crippen molar-refractivity contribution in [1.29, 1.82) is 0 Å². The van der Waals surface area contributed by atoms with Crippen molar-refractivity contribution in [3.05, 3.63) is 60.7 Å². The van der Waals surface area contributed by atoms with Crippen LogP contribution < -0.4 is 31.3 Å². The molecule has 4 rings (SSSR count). The average Bonchev–Trinajstić information content (AvgIpc) is 3.24. The molecule has 3 aromatic carbocycles. The third-order valence-corrected chi connectivity index (χ3v) is 10.2. The number of amidine groups is 1. The van der Waals surface area contributed by atoms with E-state index in [2.05, 4.69) is 50.1 Å². The summed E-state index contributed by atoms with van der Waals surface area (Å²) in [7, 11) is 0. The highest BCUT2D eigenvalue weighted by atomic mass is 16.5. The Kier molecular flexibility index (Phi) is 19.0. The molecule has 0 saturated carbocycles. The SMILES string of the molecule is CC(=O)CC(CC(=O)CNC(=O)C(CCCN=C(C)N)NC(=O)CCC(=O)CCOc1cc(N2CCOCC2)cc2c(-c3ccccc3)cccc12)C(=O)NC(CO)C(C)=O. The minimum atomic E-state index is -1.18. The van der Waals surface area contributed by atoms with E-state index in [0.717, 1.165) is 40.7 Å². The number of aliphatic hydroxyl groups is 1. The number of carbonyl (C=O) groups excluding carboxylic acids is 7. The van der Waals surface area contributed by atoms with Gasteiger partial charge in [-0.2, -0.15) is 0 Å². The number of nitrogens with zero attached hydrogens (tertiary/aromatic N) is 2. The van der Waals surface area contributed by atoms with E-state index in [4.69, 9.17) is 15.2 Å². The van der Waals surface area contributed by atoms with Gasteiger partial charge in [0.1, 0.15) is 29.4 Å². The van der Waals surface area contributed by atoms with E-state index < -0.39 is 66.9 Å². The first-order valence-electron chi connectivity index (χ1n) is 20.6. The fraction of sp³-hybridized carbons (Fsp3) is 0.467. The number of Topliss-reactive ketones (excluding diaryl/α,β-unsaturated/α-hetero) is 4. The minimum Gasteiger partial charge on any atom is -0.492 e. The number of hydrogen-bond donors (Lipinski definition) is 5. The van der Waals surface area contributed by atoms with E-state index in [1.807, 2.05) is 36.4 Å². The van der Waals surface area contributed by atoms with Gasteiger partial charge in [0.2, 0.25) is 17.7 Å². The molecule has 3 atom stereocenters. The molecule has 1 fully saturated rings. The monoisotopic (exact) mass is 842 g/mol. The maximum atomic E-state index is 13.3. The molecule has 0 radical (unpaired) electrons. The van der Waals surface area contributed by atoms with E-state index in [9.17, 15) is 38.7 Å². The van der Waals surface area contributed by atoms with Crippen LogP contribution in [0.25, 0.3) is 21.9 Å². The van der Waals surface area contributed by atoms with Gasteiger partial charge in [-0.1, -0.05) is 48.5 Å². The van der Waals surface area contributed by atoms with Gasteiger partial charge >= 0.3 is 0 Å². The summed E-state index contributed by atoms with van der Waals surface area (Å²) in [5.41, 5.74) is 8.76. The topological polar surface area (TPSA) is 236 Å². The lowest BCUT2D eigenvalue weighted by Crippen LogP contribution is -2.48. The number of rotatable bonds is 25.